The fourth-order valence-electron chi connectivity index (χ4n) is 5.57. The SMILES string of the molecule is CCCCCC[C@H]1CC[C@H](CCCOc2ccc(OC[C@H]3CC[C@H](C)CC3)cc2)CC1. The lowest BCUT2D eigenvalue weighted by Gasteiger charge is -2.28. The Bertz CT molecular complexity index is 565. The number of hydrogen-bond acceptors (Lipinski definition) is 2. The van der Waals surface area contributed by atoms with Gasteiger partial charge in [0, 0.05) is 0 Å². The number of rotatable bonds is 13. The van der Waals surface area contributed by atoms with Crippen LogP contribution in [0, 0.1) is 23.7 Å². The van der Waals surface area contributed by atoms with E-state index >= 15 is 0 Å². The molecule has 0 bridgehead atoms. The van der Waals surface area contributed by atoms with E-state index in [1.165, 1.54) is 96.3 Å². The summed E-state index contributed by atoms with van der Waals surface area (Å²) in [6.07, 6.45) is 20.9. The predicted molar refractivity (Wildman–Crippen MR) is 132 cm³/mol. The third kappa shape index (κ3) is 9.46. The molecule has 0 unspecified atom stereocenters. The van der Waals surface area contributed by atoms with Crippen molar-refractivity contribution in [3.63, 3.8) is 0 Å². The summed E-state index contributed by atoms with van der Waals surface area (Å²) in [5.41, 5.74) is 0. The summed E-state index contributed by atoms with van der Waals surface area (Å²) in [6.45, 7) is 6.39. The molecule has 2 fully saturated rings. The molecule has 1 aromatic carbocycles. The van der Waals surface area contributed by atoms with Gasteiger partial charge >= 0.3 is 0 Å². The molecule has 0 amide bonds. The van der Waals surface area contributed by atoms with E-state index in [1.807, 2.05) is 0 Å². The number of ether oxygens (including phenoxy) is 2. The highest BCUT2D eigenvalue weighted by Gasteiger charge is 2.21. The van der Waals surface area contributed by atoms with Crippen LogP contribution in [0.3, 0.4) is 0 Å². The first-order valence-corrected chi connectivity index (χ1v) is 13.6. The molecule has 0 atom stereocenters. The van der Waals surface area contributed by atoms with E-state index in [2.05, 4.69) is 38.1 Å². The zero-order valence-corrected chi connectivity index (χ0v) is 20.5. The standard InChI is InChI=1S/C29H48O2/c1-3-4-5-6-8-25-14-16-26(17-15-25)9-7-22-30-28-18-20-29(21-19-28)31-23-27-12-10-24(2)11-13-27/h18-21,24-27H,3-17,22-23H2,1-2H3/t24-,25-,26-,27-. The van der Waals surface area contributed by atoms with E-state index in [1.54, 1.807) is 0 Å². The molecule has 0 heterocycles. The summed E-state index contributed by atoms with van der Waals surface area (Å²) in [5.74, 6) is 5.57. The topological polar surface area (TPSA) is 18.5 Å². The third-order valence-corrected chi connectivity index (χ3v) is 7.90. The maximum absolute atomic E-state index is 6.03. The molecule has 2 saturated carbocycles. The Morgan fingerprint density at radius 2 is 1.19 bits per heavy atom. The Morgan fingerprint density at radius 3 is 1.81 bits per heavy atom. The van der Waals surface area contributed by atoms with Crippen molar-refractivity contribution in [2.45, 2.75) is 110 Å². The van der Waals surface area contributed by atoms with E-state index in [-0.39, 0.29) is 0 Å². The van der Waals surface area contributed by atoms with E-state index < -0.39 is 0 Å². The first kappa shape index (κ1) is 24.5. The molecule has 0 spiro atoms. The van der Waals surface area contributed by atoms with Crippen molar-refractivity contribution in [1.29, 1.82) is 0 Å². The third-order valence-electron chi connectivity index (χ3n) is 7.90. The lowest BCUT2D eigenvalue weighted by molar-refractivity contribution is 0.188. The van der Waals surface area contributed by atoms with Gasteiger partial charge in [0.25, 0.3) is 0 Å². The molecule has 31 heavy (non-hydrogen) atoms. The van der Waals surface area contributed by atoms with Crippen molar-refractivity contribution in [1.82, 2.24) is 0 Å². The minimum atomic E-state index is 0.739. The van der Waals surface area contributed by atoms with Crippen molar-refractivity contribution in [2.75, 3.05) is 13.2 Å². The second-order valence-electron chi connectivity index (χ2n) is 10.6. The van der Waals surface area contributed by atoms with Crippen LogP contribution in [-0.4, -0.2) is 13.2 Å². The van der Waals surface area contributed by atoms with Gasteiger partial charge in [0.05, 0.1) is 13.2 Å². The van der Waals surface area contributed by atoms with Crippen molar-refractivity contribution < 1.29 is 9.47 Å². The Hall–Kier alpha value is -1.18. The molecule has 0 saturated heterocycles. The second-order valence-corrected chi connectivity index (χ2v) is 10.6. The molecule has 1 aromatic rings. The first-order chi connectivity index (χ1) is 15.2. The summed E-state index contributed by atoms with van der Waals surface area (Å²) in [7, 11) is 0. The van der Waals surface area contributed by atoms with Gasteiger partial charge in [-0.1, -0.05) is 84.5 Å². The van der Waals surface area contributed by atoms with E-state index in [0.717, 1.165) is 48.4 Å². The average Bonchev–Trinajstić information content (AvgIpc) is 2.81. The Balaban J connectivity index is 1.22. The largest absolute Gasteiger partial charge is 0.494 e. The Labute approximate surface area is 192 Å². The molecule has 0 aromatic heterocycles. The summed E-state index contributed by atoms with van der Waals surface area (Å²) < 4.78 is 12.0. The van der Waals surface area contributed by atoms with Crippen LogP contribution in [0.2, 0.25) is 0 Å². The molecule has 3 rings (SSSR count). The molecule has 2 aliphatic carbocycles. The number of hydrogen-bond donors (Lipinski definition) is 0. The van der Waals surface area contributed by atoms with E-state index in [9.17, 15) is 0 Å². The average molecular weight is 429 g/mol. The van der Waals surface area contributed by atoms with Crippen molar-refractivity contribution >= 4 is 0 Å². The molecule has 0 aliphatic heterocycles. The van der Waals surface area contributed by atoms with Crippen LogP contribution in [0.4, 0.5) is 0 Å². The summed E-state index contributed by atoms with van der Waals surface area (Å²) >= 11 is 0. The van der Waals surface area contributed by atoms with Crippen molar-refractivity contribution in [2.24, 2.45) is 23.7 Å². The summed E-state index contributed by atoms with van der Waals surface area (Å²) in [4.78, 5) is 0. The summed E-state index contributed by atoms with van der Waals surface area (Å²) in [6, 6.07) is 8.29. The second kappa shape index (κ2) is 14.1. The minimum absolute atomic E-state index is 0.739. The van der Waals surface area contributed by atoms with Gasteiger partial charge in [0.15, 0.2) is 0 Å². The van der Waals surface area contributed by atoms with Gasteiger partial charge in [-0.05, 0) is 73.6 Å². The van der Waals surface area contributed by atoms with E-state index in [4.69, 9.17) is 9.47 Å². The van der Waals surface area contributed by atoms with Gasteiger partial charge in [0.2, 0.25) is 0 Å². The van der Waals surface area contributed by atoms with Gasteiger partial charge in [-0.2, -0.15) is 0 Å². The lowest BCUT2D eigenvalue weighted by Crippen LogP contribution is -2.18. The Kier molecular flexibility index (Phi) is 11.1. The van der Waals surface area contributed by atoms with Gasteiger partial charge < -0.3 is 9.47 Å². The van der Waals surface area contributed by atoms with Crippen LogP contribution in [-0.2, 0) is 0 Å². The maximum atomic E-state index is 6.03. The molecule has 176 valence electrons. The normalized spacial score (nSPS) is 26.5. The fraction of sp³-hybridized carbons (Fsp3) is 0.793. The predicted octanol–water partition coefficient (Wildman–Crippen LogP) is 8.83. The van der Waals surface area contributed by atoms with Crippen LogP contribution in [0.15, 0.2) is 24.3 Å². The monoisotopic (exact) mass is 428 g/mol. The maximum Gasteiger partial charge on any atom is 0.119 e. The highest BCUT2D eigenvalue weighted by Crippen LogP contribution is 2.34. The van der Waals surface area contributed by atoms with Crippen LogP contribution >= 0.6 is 0 Å². The highest BCUT2D eigenvalue weighted by atomic mass is 16.5. The van der Waals surface area contributed by atoms with Gasteiger partial charge in [-0.3, -0.25) is 0 Å². The van der Waals surface area contributed by atoms with Crippen LogP contribution < -0.4 is 9.47 Å². The molecule has 2 aliphatic rings. The molecular formula is C29H48O2. The zero-order chi connectivity index (χ0) is 21.7. The highest BCUT2D eigenvalue weighted by molar-refractivity contribution is 5.31. The molecule has 0 radical (unpaired) electrons. The summed E-state index contributed by atoms with van der Waals surface area (Å²) in [5, 5.41) is 0. The van der Waals surface area contributed by atoms with Crippen LogP contribution in [0.25, 0.3) is 0 Å². The molecular weight excluding hydrogens is 380 g/mol. The van der Waals surface area contributed by atoms with Crippen molar-refractivity contribution in [3.8, 4) is 11.5 Å². The fourth-order valence-corrected chi connectivity index (χ4v) is 5.57. The number of benzene rings is 1. The van der Waals surface area contributed by atoms with Crippen LogP contribution in [0.1, 0.15) is 110 Å². The zero-order valence-electron chi connectivity index (χ0n) is 20.5. The van der Waals surface area contributed by atoms with Gasteiger partial charge in [-0.25, -0.2) is 0 Å². The number of unbranched alkanes of at least 4 members (excludes halogenated alkanes) is 3. The Morgan fingerprint density at radius 1 is 0.645 bits per heavy atom. The molecule has 2 heteroatoms. The minimum Gasteiger partial charge on any atom is -0.494 e. The smallest absolute Gasteiger partial charge is 0.119 e. The van der Waals surface area contributed by atoms with Gasteiger partial charge in [0.1, 0.15) is 11.5 Å². The van der Waals surface area contributed by atoms with Crippen LogP contribution in [0.5, 0.6) is 11.5 Å². The van der Waals surface area contributed by atoms with Crippen molar-refractivity contribution in [3.05, 3.63) is 24.3 Å². The first-order valence-electron chi connectivity index (χ1n) is 13.6. The molecule has 0 N–H and O–H groups in total. The quantitative estimate of drug-likeness (QED) is 0.292. The van der Waals surface area contributed by atoms with Gasteiger partial charge in [-0.15, -0.1) is 0 Å². The lowest BCUT2D eigenvalue weighted by atomic mass is 9.78. The van der Waals surface area contributed by atoms with E-state index in [0.29, 0.717) is 0 Å². The molecule has 2 nitrogen and oxygen atoms in total.